The van der Waals surface area contributed by atoms with Crippen LogP contribution in [0.15, 0.2) is 79.3 Å². The van der Waals surface area contributed by atoms with Crippen LogP contribution in [0.3, 0.4) is 0 Å². The van der Waals surface area contributed by atoms with E-state index in [2.05, 4.69) is 27.6 Å². The molecule has 0 spiro atoms. The van der Waals surface area contributed by atoms with Gasteiger partial charge in [0.15, 0.2) is 6.73 Å². The van der Waals surface area contributed by atoms with Crippen molar-refractivity contribution in [3.63, 3.8) is 0 Å². The quantitative estimate of drug-likeness (QED) is 0.421. The second-order valence-corrected chi connectivity index (χ2v) is 7.29. The Morgan fingerprint density at radius 1 is 1.00 bits per heavy atom. The molecule has 1 N–H and O–H groups in total. The van der Waals surface area contributed by atoms with Crippen LogP contribution in [0.5, 0.6) is 5.75 Å². The number of hydrogen-bond donors (Lipinski definition) is 1. The molecule has 4 rings (SSSR count). The fraction of sp³-hybridized carbons (Fsp3) is 0.208. The van der Waals surface area contributed by atoms with Gasteiger partial charge in [-0.15, -0.1) is 0 Å². The Bertz CT molecular complexity index is 1120. The molecule has 7 nitrogen and oxygen atoms in total. The van der Waals surface area contributed by atoms with Crippen LogP contribution in [0, 0.1) is 6.92 Å². The van der Waals surface area contributed by atoms with Crippen LogP contribution in [0.1, 0.15) is 22.5 Å². The fourth-order valence-electron chi connectivity index (χ4n) is 3.19. The molecule has 2 aromatic carbocycles. The van der Waals surface area contributed by atoms with Gasteiger partial charge < -0.3 is 10.1 Å². The zero-order valence-electron chi connectivity index (χ0n) is 17.4. The largest absolute Gasteiger partial charge is 0.471 e. The first-order valence-corrected chi connectivity index (χ1v) is 10.3. The highest BCUT2D eigenvalue weighted by Crippen LogP contribution is 2.22. The van der Waals surface area contributed by atoms with Gasteiger partial charge in [0.25, 0.3) is 5.91 Å². The van der Waals surface area contributed by atoms with Crippen LogP contribution in [0.2, 0.25) is 0 Å². The average Bonchev–Trinajstić information content (AvgIpc) is 3.45. The Hall–Kier alpha value is -3.87. The summed E-state index contributed by atoms with van der Waals surface area (Å²) >= 11 is 0. The molecule has 0 unspecified atom stereocenters. The third kappa shape index (κ3) is 5.60. The van der Waals surface area contributed by atoms with E-state index in [1.54, 1.807) is 16.9 Å². The van der Waals surface area contributed by atoms with Crippen LogP contribution in [-0.2, 0) is 13.3 Å². The lowest BCUT2D eigenvalue weighted by atomic mass is 10.1. The van der Waals surface area contributed by atoms with Gasteiger partial charge in [-0.2, -0.15) is 10.2 Å². The van der Waals surface area contributed by atoms with Crippen molar-refractivity contribution in [2.45, 2.75) is 26.6 Å². The number of aryl methyl sites for hydroxylation is 2. The molecule has 1 amide bonds. The number of nitrogens with zero attached hydrogens (tertiary/aromatic N) is 4. The zero-order valence-corrected chi connectivity index (χ0v) is 17.4. The number of amides is 1. The number of nitrogens with one attached hydrogen (secondary N) is 1. The predicted molar refractivity (Wildman–Crippen MR) is 119 cm³/mol. The summed E-state index contributed by atoms with van der Waals surface area (Å²) in [5.74, 6) is 0.553. The number of aromatic nitrogens is 4. The summed E-state index contributed by atoms with van der Waals surface area (Å²) in [6, 6.07) is 19.8. The standard InChI is InChI=1S/C24H25N5O2/c1-19-16-26-28(17-19)14-5-13-25-24(30)23-12-15-29(27-23)18-31-22-10-8-21(9-11-22)20-6-3-2-4-7-20/h2-4,6-12,15-17H,5,13-14,18H2,1H3,(H,25,30). The van der Waals surface area contributed by atoms with Crippen LogP contribution in [-0.4, -0.2) is 32.0 Å². The minimum atomic E-state index is -0.192. The molecule has 2 heterocycles. The van der Waals surface area contributed by atoms with Crippen molar-refractivity contribution in [1.29, 1.82) is 0 Å². The highest BCUT2D eigenvalue weighted by Gasteiger charge is 2.09. The summed E-state index contributed by atoms with van der Waals surface area (Å²) in [7, 11) is 0. The molecule has 0 aliphatic heterocycles. The molecular formula is C24H25N5O2. The van der Waals surface area contributed by atoms with Crippen LogP contribution in [0.25, 0.3) is 11.1 Å². The molecule has 0 saturated heterocycles. The van der Waals surface area contributed by atoms with Gasteiger partial charge >= 0.3 is 0 Å². The number of ether oxygens (including phenoxy) is 1. The zero-order chi connectivity index (χ0) is 21.5. The third-order valence-electron chi connectivity index (χ3n) is 4.81. The van der Waals surface area contributed by atoms with Crippen molar-refractivity contribution in [2.24, 2.45) is 0 Å². The van der Waals surface area contributed by atoms with E-state index in [9.17, 15) is 4.79 Å². The van der Waals surface area contributed by atoms with Gasteiger partial charge in [0.2, 0.25) is 0 Å². The third-order valence-corrected chi connectivity index (χ3v) is 4.81. The minimum Gasteiger partial charge on any atom is -0.471 e. The summed E-state index contributed by atoms with van der Waals surface area (Å²) in [5, 5.41) is 11.4. The number of rotatable bonds is 9. The number of benzene rings is 2. The molecular weight excluding hydrogens is 390 g/mol. The maximum absolute atomic E-state index is 12.3. The van der Waals surface area contributed by atoms with Gasteiger partial charge in [-0.1, -0.05) is 42.5 Å². The maximum atomic E-state index is 12.3. The van der Waals surface area contributed by atoms with E-state index in [1.807, 2.05) is 66.5 Å². The van der Waals surface area contributed by atoms with Crippen LogP contribution in [0.4, 0.5) is 0 Å². The van der Waals surface area contributed by atoms with Crippen LogP contribution < -0.4 is 10.1 Å². The molecule has 158 valence electrons. The van der Waals surface area contributed by atoms with E-state index in [0.717, 1.165) is 35.4 Å². The van der Waals surface area contributed by atoms with E-state index >= 15 is 0 Å². The van der Waals surface area contributed by atoms with E-state index in [0.29, 0.717) is 12.2 Å². The first kappa shape index (κ1) is 20.4. The van der Waals surface area contributed by atoms with Crippen molar-refractivity contribution in [3.8, 4) is 16.9 Å². The molecule has 0 fully saturated rings. The lowest BCUT2D eigenvalue weighted by Crippen LogP contribution is -2.26. The molecule has 0 saturated carbocycles. The lowest BCUT2D eigenvalue weighted by Gasteiger charge is -2.08. The molecule has 2 aromatic heterocycles. The smallest absolute Gasteiger partial charge is 0.271 e. The average molecular weight is 415 g/mol. The normalized spacial score (nSPS) is 10.7. The predicted octanol–water partition coefficient (Wildman–Crippen LogP) is 3.91. The Morgan fingerprint density at radius 3 is 2.52 bits per heavy atom. The van der Waals surface area contributed by atoms with E-state index in [4.69, 9.17) is 4.74 Å². The molecule has 0 radical (unpaired) electrons. The number of carbonyl (C=O) groups excluding carboxylic acids is 1. The molecule has 4 aromatic rings. The van der Waals surface area contributed by atoms with Gasteiger partial charge in [-0.05, 0) is 48.2 Å². The Morgan fingerprint density at radius 2 is 1.77 bits per heavy atom. The van der Waals surface area contributed by atoms with Crippen molar-refractivity contribution in [2.75, 3.05) is 6.54 Å². The summed E-state index contributed by atoms with van der Waals surface area (Å²) in [6.45, 7) is 3.57. The van der Waals surface area contributed by atoms with Gasteiger partial charge in [-0.3, -0.25) is 9.48 Å². The summed E-state index contributed by atoms with van der Waals surface area (Å²) < 4.78 is 9.26. The van der Waals surface area contributed by atoms with Crippen molar-refractivity contribution < 1.29 is 9.53 Å². The topological polar surface area (TPSA) is 74.0 Å². The Labute approximate surface area is 181 Å². The second kappa shape index (κ2) is 9.75. The number of carbonyl (C=O) groups is 1. The first-order valence-electron chi connectivity index (χ1n) is 10.3. The first-order chi connectivity index (χ1) is 15.2. The van der Waals surface area contributed by atoms with E-state index in [1.165, 1.54) is 0 Å². The molecule has 0 aliphatic carbocycles. The Balaban J connectivity index is 1.22. The van der Waals surface area contributed by atoms with Crippen molar-refractivity contribution in [3.05, 3.63) is 90.5 Å². The molecule has 0 aliphatic rings. The molecule has 0 bridgehead atoms. The summed E-state index contributed by atoms with van der Waals surface area (Å²) in [6.07, 6.45) is 6.35. The van der Waals surface area contributed by atoms with E-state index < -0.39 is 0 Å². The van der Waals surface area contributed by atoms with Crippen LogP contribution >= 0.6 is 0 Å². The fourth-order valence-corrected chi connectivity index (χ4v) is 3.19. The Kier molecular flexibility index (Phi) is 6.42. The maximum Gasteiger partial charge on any atom is 0.271 e. The second-order valence-electron chi connectivity index (χ2n) is 7.29. The SMILES string of the molecule is Cc1cnn(CCCNC(=O)c2ccn(COc3ccc(-c4ccccc4)cc3)n2)c1. The van der Waals surface area contributed by atoms with Gasteiger partial charge in [0.1, 0.15) is 11.4 Å². The van der Waals surface area contributed by atoms with Gasteiger partial charge in [0, 0.05) is 25.5 Å². The van der Waals surface area contributed by atoms with Gasteiger partial charge in [-0.25, -0.2) is 4.68 Å². The highest BCUT2D eigenvalue weighted by molar-refractivity contribution is 5.92. The lowest BCUT2D eigenvalue weighted by molar-refractivity contribution is 0.0945. The van der Waals surface area contributed by atoms with E-state index in [-0.39, 0.29) is 12.6 Å². The van der Waals surface area contributed by atoms with Gasteiger partial charge in [0.05, 0.1) is 6.20 Å². The summed E-state index contributed by atoms with van der Waals surface area (Å²) in [5.41, 5.74) is 3.80. The summed E-state index contributed by atoms with van der Waals surface area (Å²) in [4.78, 5) is 12.3. The number of hydrogen-bond acceptors (Lipinski definition) is 4. The highest BCUT2D eigenvalue weighted by atomic mass is 16.5. The molecule has 31 heavy (non-hydrogen) atoms. The molecule has 0 atom stereocenters. The monoisotopic (exact) mass is 415 g/mol. The van der Waals surface area contributed by atoms with Crippen molar-refractivity contribution in [1.82, 2.24) is 24.9 Å². The minimum absolute atomic E-state index is 0.192. The molecule has 7 heteroatoms. The van der Waals surface area contributed by atoms with Crippen molar-refractivity contribution >= 4 is 5.91 Å².